The minimum atomic E-state index is -0.351. The van der Waals surface area contributed by atoms with Crippen LogP contribution in [-0.4, -0.2) is 61.2 Å². The lowest BCUT2D eigenvalue weighted by molar-refractivity contribution is -0.127. The number of aryl methyl sites for hydroxylation is 1. The topological polar surface area (TPSA) is 119 Å². The Labute approximate surface area is 203 Å². The van der Waals surface area contributed by atoms with E-state index in [4.69, 9.17) is 18.3 Å². The number of amides is 2. The molecule has 1 fully saturated rings. The number of methoxy groups -OCH3 is 1. The number of carbonyl (C=O) groups excluding carboxylic acids is 2. The zero-order chi connectivity index (χ0) is 24.8. The lowest BCUT2D eigenvalue weighted by Crippen LogP contribution is -2.49. The monoisotopic (exact) mass is 482 g/mol. The van der Waals surface area contributed by atoms with Crippen LogP contribution in [-0.2, 0) is 27.4 Å². The highest BCUT2D eigenvalue weighted by molar-refractivity contribution is 6.02. The largest absolute Gasteiger partial charge is 0.453 e. The van der Waals surface area contributed by atoms with Crippen molar-refractivity contribution in [2.45, 2.75) is 33.0 Å². The van der Waals surface area contributed by atoms with Crippen LogP contribution in [0, 0.1) is 6.92 Å². The summed E-state index contributed by atoms with van der Waals surface area (Å²) in [5.41, 5.74) is 2.03. The van der Waals surface area contributed by atoms with E-state index in [2.05, 4.69) is 20.5 Å². The maximum atomic E-state index is 12.6. The number of aromatic nitrogens is 1. The molecule has 0 saturated carbocycles. The highest BCUT2D eigenvalue weighted by Crippen LogP contribution is 2.24. The van der Waals surface area contributed by atoms with Gasteiger partial charge in [0.25, 0.3) is 5.91 Å². The van der Waals surface area contributed by atoms with E-state index in [-0.39, 0.29) is 30.2 Å². The van der Waals surface area contributed by atoms with Crippen LogP contribution in [0.2, 0.25) is 0 Å². The van der Waals surface area contributed by atoms with Crippen molar-refractivity contribution in [1.82, 2.24) is 15.2 Å². The van der Waals surface area contributed by atoms with Gasteiger partial charge in [0.05, 0.1) is 25.8 Å². The summed E-state index contributed by atoms with van der Waals surface area (Å²) in [6.07, 6.45) is 0. The van der Waals surface area contributed by atoms with Crippen molar-refractivity contribution in [3.63, 3.8) is 0 Å². The average molecular weight is 483 g/mol. The predicted octanol–water partition coefficient (Wildman–Crippen LogP) is 2.98. The molecule has 1 saturated heterocycles. The Hall–Kier alpha value is -3.47. The van der Waals surface area contributed by atoms with Crippen LogP contribution in [0.4, 0.5) is 5.69 Å². The lowest BCUT2D eigenvalue weighted by Gasteiger charge is -2.31. The normalized spacial score (nSPS) is 15.1. The lowest BCUT2D eigenvalue weighted by atomic mass is 10.2. The van der Waals surface area contributed by atoms with Gasteiger partial charge in [-0.2, -0.15) is 0 Å². The Morgan fingerprint density at radius 2 is 1.86 bits per heavy atom. The van der Waals surface area contributed by atoms with Crippen molar-refractivity contribution in [2.75, 3.05) is 38.7 Å². The van der Waals surface area contributed by atoms with Gasteiger partial charge in [-0.25, -0.2) is 4.98 Å². The van der Waals surface area contributed by atoms with E-state index < -0.39 is 0 Å². The zero-order valence-corrected chi connectivity index (χ0v) is 20.1. The van der Waals surface area contributed by atoms with E-state index in [1.807, 2.05) is 26.0 Å². The molecule has 1 atom stereocenters. The number of morpholine rings is 1. The van der Waals surface area contributed by atoms with Crippen molar-refractivity contribution < 1.29 is 27.9 Å². The molecular formula is C25H30N4O6. The zero-order valence-electron chi connectivity index (χ0n) is 20.1. The first kappa shape index (κ1) is 24.6. The number of hydrogen-bond acceptors (Lipinski definition) is 8. The molecule has 0 spiro atoms. The fourth-order valence-corrected chi connectivity index (χ4v) is 3.77. The molecule has 0 bridgehead atoms. The standard InChI is InChI=1S/C25H30N4O6/c1-16(29-10-12-33-13-11-29)23(30)26-14-21-17(2)34-25(28-21)18-4-6-19(7-5-18)27-24(31)22-9-8-20(35-22)15-32-3/h4-9,16H,10-15H2,1-3H3,(H,26,30)(H,27,31)/t16-/m0/s1. The molecule has 10 heteroatoms. The number of benzene rings is 1. The maximum Gasteiger partial charge on any atom is 0.291 e. The number of carbonyl (C=O) groups is 2. The molecule has 186 valence electrons. The van der Waals surface area contributed by atoms with E-state index in [0.29, 0.717) is 48.6 Å². The van der Waals surface area contributed by atoms with Crippen LogP contribution in [0.25, 0.3) is 11.5 Å². The number of nitrogens with zero attached hydrogens (tertiary/aromatic N) is 2. The second-order valence-corrected chi connectivity index (χ2v) is 8.29. The van der Waals surface area contributed by atoms with E-state index in [9.17, 15) is 9.59 Å². The van der Waals surface area contributed by atoms with Crippen molar-refractivity contribution >= 4 is 17.5 Å². The molecule has 4 rings (SSSR count). The predicted molar refractivity (Wildman–Crippen MR) is 128 cm³/mol. The maximum absolute atomic E-state index is 12.6. The van der Waals surface area contributed by atoms with Gasteiger partial charge >= 0.3 is 0 Å². The Morgan fingerprint density at radius 1 is 1.11 bits per heavy atom. The Balaban J connectivity index is 1.34. The SMILES string of the molecule is COCc1ccc(C(=O)Nc2ccc(-c3nc(CNC(=O)[C@H](C)N4CCOCC4)c(C)o3)cc2)o1. The first-order valence-corrected chi connectivity index (χ1v) is 11.5. The molecule has 1 aliphatic heterocycles. The van der Waals surface area contributed by atoms with Crippen molar-refractivity contribution in [1.29, 1.82) is 0 Å². The quantitative estimate of drug-likeness (QED) is 0.478. The second kappa shape index (κ2) is 11.3. The number of ether oxygens (including phenoxy) is 2. The minimum absolute atomic E-state index is 0.0538. The summed E-state index contributed by atoms with van der Waals surface area (Å²) in [5, 5.41) is 5.74. The molecule has 1 aliphatic rings. The molecule has 2 N–H and O–H groups in total. The first-order valence-electron chi connectivity index (χ1n) is 11.5. The van der Waals surface area contributed by atoms with Crippen LogP contribution >= 0.6 is 0 Å². The number of oxazole rings is 1. The van der Waals surface area contributed by atoms with E-state index >= 15 is 0 Å². The molecule has 35 heavy (non-hydrogen) atoms. The van der Waals surface area contributed by atoms with Gasteiger partial charge in [0.15, 0.2) is 5.76 Å². The molecule has 2 aromatic heterocycles. The summed E-state index contributed by atoms with van der Waals surface area (Å²) in [5.74, 6) is 1.47. The number of hydrogen-bond donors (Lipinski definition) is 2. The van der Waals surface area contributed by atoms with Gasteiger partial charge in [0.2, 0.25) is 11.8 Å². The summed E-state index contributed by atoms with van der Waals surface area (Å²) in [6, 6.07) is 10.2. The summed E-state index contributed by atoms with van der Waals surface area (Å²) in [4.78, 5) is 31.6. The summed E-state index contributed by atoms with van der Waals surface area (Å²) in [7, 11) is 1.56. The molecule has 0 radical (unpaired) electrons. The van der Waals surface area contributed by atoms with E-state index in [0.717, 1.165) is 18.7 Å². The minimum Gasteiger partial charge on any atom is -0.453 e. The number of nitrogens with one attached hydrogen (secondary N) is 2. The van der Waals surface area contributed by atoms with Gasteiger partial charge in [-0.05, 0) is 50.2 Å². The average Bonchev–Trinajstić information content (AvgIpc) is 3.50. The van der Waals surface area contributed by atoms with Crippen LogP contribution in [0.5, 0.6) is 0 Å². The Morgan fingerprint density at radius 3 is 2.57 bits per heavy atom. The molecule has 0 unspecified atom stereocenters. The van der Waals surface area contributed by atoms with Crippen LogP contribution in [0.1, 0.15) is 34.7 Å². The summed E-state index contributed by atoms with van der Waals surface area (Å²) < 4.78 is 21.6. The molecule has 2 amide bonds. The fraction of sp³-hybridized carbons (Fsp3) is 0.400. The van der Waals surface area contributed by atoms with Gasteiger partial charge in [0.1, 0.15) is 23.8 Å². The molecular weight excluding hydrogens is 452 g/mol. The van der Waals surface area contributed by atoms with Crippen molar-refractivity contribution in [3.05, 3.63) is 59.4 Å². The first-order chi connectivity index (χ1) is 16.9. The summed E-state index contributed by atoms with van der Waals surface area (Å²) >= 11 is 0. The third-order valence-corrected chi connectivity index (χ3v) is 5.86. The van der Waals surface area contributed by atoms with Gasteiger partial charge in [-0.3, -0.25) is 14.5 Å². The van der Waals surface area contributed by atoms with Crippen molar-refractivity contribution in [3.8, 4) is 11.5 Å². The highest BCUT2D eigenvalue weighted by Gasteiger charge is 2.23. The number of rotatable bonds is 9. The Kier molecular flexibility index (Phi) is 7.96. The molecule has 10 nitrogen and oxygen atoms in total. The highest BCUT2D eigenvalue weighted by atomic mass is 16.5. The Bertz CT molecular complexity index is 1150. The molecule has 3 heterocycles. The van der Waals surface area contributed by atoms with Gasteiger partial charge < -0.3 is 28.9 Å². The molecule has 1 aromatic carbocycles. The van der Waals surface area contributed by atoms with E-state index in [1.165, 1.54) is 0 Å². The number of furan rings is 1. The summed E-state index contributed by atoms with van der Waals surface area (Å²) in [6.45, 7) is 7.07. The van der Waals surface area contributed by atoms with Gasteiger partial charge in [0, 0.05) is 31.5 Å². The third kappa shape index (κ3) is 6.16. The third-order valence-electron chi connectivity index (χ3n) is 5.86. The van der Waals surface area contributed by atoms with Crippen molar-refractivity contribution in [2.24, 2.45) is 0 Å². The fourth-order valence-electron chi connectivity index (χ4n) is 3.77. The smallest absolute Gasteiger partial charge is 0.291 e. The van der Waals surface area contributed by atoms with Gasteiger partial charge in [-0.15, -0.1) is 0 Å². The van der Waals surface area contributed by atoms with Crippen LogP contribution in [0.3, 0.4) is 0 Å². The molecule has 3 aromatic rings. The van der Waals surface area contributed by atoms with E-state index in [1.54, 1.807) is 31.4 Å². The second-order valence-electron chi connectivity index (χ2n) is 8.29. The number of anilines is 1. The van der Waals surface area contributed by atoms with Crippen LogP contribution < -0.4 is 10.6 Å². The molecule has 0 aliphatic carbocycles. The van der Waals surface area contributed by atoms with Gasteiger partial charge in [-0.1, -0.05) is 0 Å². The van der Waals surface area contributed by atoms with Crippen LogP contribution in [0.15, 0.2) is 45.2 Å².